The van der Waals surface area contributed by atoms with Crippen molar-refractivity contribution in [2.75, 3.05) is 13.2 Å². The van der Waals surface area contributed by atoms with Gasteiger partial charge in [0.15, 0.2) is 0 Å². The second-order valence-corrected chi connectivity index (χ2v) is 2.20. The summed E-state index contributed by atoms with van der Waals surface area (Å²) in [5.74, 6) is -0.843. The molecule has 0 bridgehead atoms. The minimum absolute atomic E-state index is 0.0196. The molecule has 0 aliphatic rings. The van der Waals surface area contributed by atoms with Crippen LogP contribution in [0, 0.1) is 0 Å². The Kier molecular flexibility index (Phi) is 4.88. The van der Waals surface area contributed by atoms with Crippen LogP contribution >= 0.6 is 0 Å². The Morgan fingerprint density at radius 1 is 1.80 bits per heavy atom. The van der Waals surface area contributed by atoms with Crippen LogP contribution < -0.4 is 5.73 Å². The van der Waals surface area contributed by atoms with E-state index in [-0.39, 0.29) is 19.1 Å². The van der Waals surface area contributed by atoms with E-state index in [2.05, 4.69) is 0 Å². The molecule has 0 saturated carbocycles. The van der Waals surface area contributed by atoms with E-state index in [4.69, 9.17) is 15.6 Å². The van der Waals surface area contributed by atoms with Gasteiger partial charge in [-0.1, -0.05) is 0 Å². The molecular weight excluding hydrogens is 134 g/mol. The molecule has 0 rings (SSSR count). The van der Waals surface area contributed by atoms with E-state index in [0.717, 1.165) is 0 Å². The van der Waals surface area contributed by atoms with E-state index in [1.807, 2.05) is 0 Å². The fourth-order valence-corrected chi connectivity index (χ4v) is 0.429. The third-order valence-corrected chi connectivity index (χ3v) is 0.841. The lowest BCUT2D eigenvalue weighted by Gasteiger charge is -2.04. The zero-order chi connectivity index (χ0) is 7.98. The summed E-state index contributed by atoms with van der Waals surface area (Å²) in [6.07, 6.45) is 0.0483. The van der Waals surface area contributed by atoms with E-state index >= 15 is 0 Å². The summed E-state index contributed by atoms with van der Waals surface area (Å²) in [6.45, 7) is 2.48. The number of hydrogen-bond donors (Lipinski definition) is 2. The van der Waals surface area contributed by atoms with Gasteiger partial charge in [-0.05, 0) is 6.92 Å². The molecule has 1 atom stereocenters. The van der Waals surface area contributed by atoms with Crippen LogP contribution in [0.25, 0.3) is 0 Å². The number of nitrogens with two attached hydrogens (primary N) is 1. The van der Waals surface area contributed by atoms with Gasteiger partial charge in [0.05, 0.1) is 19.6 Å². The van der Waals surface area contributed by atoms with Gasteiger partial charge in [-0.25, -0.2) is 0 Å². The van der Waals surface area contributed by atoms with Crippen LogP contribution in [0.2, 0.25) is 0 Å². The smallest absolute Gasteiger partial charge is 0.305 e. The molecule has 0 aromatic carbocycles. The van der Waals surface area contributed by atoms with Gasteiger partial charge in [0.25, 0.3) is 0 Å². The number of ether oxygens (including phenoxy) is 1. The van der Waals surface area contributed by atoms with Crippen molar-refractivity contribution < 1.29 is 14.6 Å². The summed E-state index contributed by atoms with van der Waals surface area (Å²) < 4.78 is 4.90. The number of carboxylic acid groups (broad SMARTS) is 1. The molecule has 0 aromatic heterocycles. The molecule has 1 unspecified atom stereocenters. The molecule has 0 spiro atoms. The molecule has 0 radical (unpaired) electrons. The molecule has 3 N–H and O–H groups in total. The first-order chi connectivity index (χ1) is 4.63. The van der Waals surface area contributed by atoms with Crippen molar-refractivity contribution in [2.45, 2.75) is 19.4 Å². The van der Waals surface area contributed by atoms with Gasteiger partial charge in [-0.15, -0.1) is 0 Å². The van der Waals surface area contributed by atoms with Gasteiger partial charge in [-0.2, -0.15) is 0 Å². The molecule has 10 heavy (non-hydrogen) atoms. The minimum atomic E-state index is -0.843. The number of rotatable bonds is 5. The van der Waals surface area contributed by atoms with Crippen LogP contribution in [0.3, 0.4) is 0 Å². The van der Waals surface area contributed by atoms with Crippen molar-refractivity contribution in [1.29, 1.82) is 0 Å². The summed E-state index contributed by atoms with van der Waals surface area (Å²) in [6, 6.07) is -0.0196. The third-order valence-electron chi connectivity index (χ3n) is 0.841. The number of hydrogen-bond acceptors (Lipinski definition) is 3. The van der Waals surface area contributed by atoms with Crippen molar-refractivity contribution in [2.24, 2.45) is 5.73 Å². The Morgan fingerprint density at radius 3 is 2.80 bits per heavy atom. The van der Waals surface area contributed by atoms with Crippen LogP contribution in [0.5, 0.6) is 0 Å². The zero-order valence-electron chi connectivity index (χ0n) is 6.04. The van der Waals surface area contributed by atoms with Crippen LogP contribution in [0.15, 0.2) is 0 Å². The van der Waals surface area contributed by atoms with Gasteiger partial charge in [0.2, 0.25) is 0 Å². The predicted octanol–water partition coefficient (Wildman–Crippen LogP) is -0.175. The highest BCUT2D eigenvalue weighted by atomic mass is 16.5. The van der Waals surface area contributed by atoms with Gasteiger partial charge >= 0.3 is 5.97 Å². The standard InChI is InChI=1S/C6H13NO3/c1-5(7)4-10-3-2-6(8)9/h5H,2-4,7H2,1H3,(H,8,9). The molecule has 60 valence electrons. The van der Waals surface area contributed by atoms with Gasteiger partial charge in [-0.3, -0.25) is 4.79 Å². The maximum atomic E-state index is 9.93. The highest BCUT2D eigenvalue weighted by Gasteiger charge is 1.97. The molecule has 0 fully saturated rings. The molecule has 0 heterocycles. The number of aliphatic carboxylic acids is 1. The highest BCUT2D eigenvalue weighted by Crippen LogP contribution is 1.84. The van der Waals surface area contributed by atoms with Gasteiger partial charge < -0.3 is 15.6 Å². The summed E-state index contributed by atoms with van der Waals surface area (Å²) in [5.41, 5.74) is 5.34. The molecule has 0 aliphatic heterocycles. The first-order valence-corrected chi connectivity index (χ1v) is 3.18. The van der Waals surface area contributed by atoms with Gasteiger partial charge in [0.1, 0.15) is 0 Å². The topological polar surface area (TPSA) is 72.5 Å². The lowest BCUT2D eigenvalue weighted by Crippen LogP contribution is -2.22. The van der Waals surface area contributed by atoms with Crippen LogP contribution in [0.4, 0.5) is 0 Å². The summed E-state index contributed by atoms with van der Waals surface area (Å²) in [4.78, 5) is 9.93. The van der Waals surface area contributed by atoms with Crippen molar-refractivity contribution in [1.82, 2.24) is 0 Å². The molecule has 0 amide bonds. The Labute approximate surface area is 60.0 Å². The summed E-state index contributed by atoms with van der Waals surface area (Å²) in [7, 11) is 0. The molecule has 4 heteroatoms. The van der Waals surface area contributed by atoms with Crippen LogP contribution in [-0.2, 0) is 9.53 Å². The van der Waals surface area contributed by atoms with E-state index < -0.39 is 5.97 Å². The third kappa shape index (κ3) is 7.39. The molecular formula is C6H13NO3. The fourth-order valence-electron chi connectivity index (χ4n) is 0.429. The fraction of sp³-hybridized carbons (Fsp3) is 0.833. The molecule has 0 aliphatic carbocycles. The van der Waals surface area contributed by atoms with Crippen molar-refractivity contribution in [3.63, 3.8) is 0 Å². The quantitative estimate of drug-likeness (QED) is 0.529. The largest absolute Gasteiger partial charge is 0.481 e. The maximum absolute atomic E-state index is 9.93. The van der Waals surface area contributed by atoms with Crippen LogP contribution in [0.1, 0.15) is 13.3 Å². The van der Waals surface area contributed by atoms with Crippen LogP contribution in [-0.4, -0.2) is 30.3 Å². The Hall–Kier alpha value is -0.610. The highest BCUT2D eigenvalue weighted by molar-refractivity contribution is 5.66. The first kappa shape index (κ1) is 9.39. The van der Waals surface area contributed by atoms with E-state index in [0.29, 0.717) is 6.61 Å². The normalized spacial score (nSPS) is 13.0. The van der Waals surface area contributed by atoms with Gasteiger partial charge in [0, 0.05) is 6.04 Å². The second kappa shape index (κ2) is 5.20. The van der Waals surface area contributed by atoms with E-state index in [1.54, 1.807) is 6.92 Å². The average molecular weight is 147 g/mol. The lowest BCUT2D eigenvalue weighted by atomic mass is 10.4. The first-order valence-electron chi connectivity index (χ1n) is 3.18. The predicted molar refractivity (Wildman–Crippen MR) is 36.7 cm³/mol. The summed E-state index contributed by atoms with van der Waals surface area (Å²) >= 11 is 0. The van der Waals surface area contributed by atoms with E-state index in [1.165, 1.54) is 0 Å². The SMILES string of the molecule is CC(N)COCCC(=O)O. The van der Waals surface area contributed by atoms with Crippen molar-refractivity contribution in [3.8, 4) is 0 Å². The lowest BCUT2D eigenvalue weighted by molar-refractivity contribution is -0.138. The molecule has 0 aromatic rings. The zero-order valence-corrected chi connectivity index (χ0v) is 6.04. The molecule has 0 saturated heterocycles. The number of carboxylic acids is 1. The summed E-state index contributed by atoms with van der Waals surface area (Å²) in [5, 5.41) is 8.17. The second-order valence-electron chi connectivity index (χ2n) is 2.20. The van der Waals surface area contributed by atoms with Crippen molar-refractivity contribution in [3.05, 3.63) is 0 Å². The Morgan fingerprint density at radius 2 is 2.40 bits per heavy atom. The van der Waals surface area contributed by atoms with E-state index in [9.17, 15) is 4.79 Å². The minimum Gasteiger partial charge on any atom is -0.481 e. The Bertz CT molecular complexity index is 103. The maximum Gasteiger partial charge on any atom is 0.305 e. The number of carbonyl (C=O) groups is 1. The van der Waals surface area contributed by atoms with Crippen molar-refractivity contribution >= 4 is 5.97 Å². The Balaban J connectivity index is 2.98. The monoisotopic (exact) mass is 147 g/mol. The molecule has 4 nitrogen and oxygen atoms in total. The average Bonchev–Trinajstić information content (AvgIpc) is 1.79.